The summed E-state index contributed by atoms with van der Waals surface area (Å²) in [5.41, 5.74) is 4.63. The second-order valence-electron chi connectivity index (χ2n) is 10.9. The topological polar surface area (TPSA) is 73.8 Å². The highest BCUT2D eigenvalue weighted by Crippen LogP contribution is 2.65. The van der Waals surface area contributed by atoms with Gasteiger partial charge in [-0.15, -0.1) is 0 Å². The van der Waals surface area contributed by atoms with Crippen LogP contribution in [0.15, 0.2) is 11.8 Å². The average Bonchev–Trinajstić information content (AvgIpc) is 3.29. The van der Waals surface area contributed by atoms with Crippen LogP contribution >= 0.6 is 0 Å². The third-order valence-electron chi connectivity index (χ3n) is 9.61. The number of rotatable bonds is 3. The molecule has 9 atom stereocenters. The lowest BCUT2D eigenvalue weighted by atomic mass is 9.45. The lowest BCUT2D eigenvalue weighted by Gasteiger charge is -2.60. The molecule has 5 nitrogen and oxygen atoms in total. The van der Waals surface area contributed by atoms with Crippen LogP contribution in [0.3, 0.4) is 0 Å². The third kappa shape index (κ3) is 2.88. The fourth-order valence-corrected chi connectivity index (χ4v) is 7.85. The van der Waals surface area contributed by atoms with E-state index in [1.807, 2.05) is 0 Å². The molecule has 4 N–H and O–H groups in total. The van der Waals surface area contributed by atoms with E-state index in [9.17, 15) is 10.2 Å². The van der Waals surface area contributed by atoms with Gasteiger partial charge in [0.15, 0.2) is 0 Å². The number of hydroxylamine groups is 1. The van der Waals surface area contributed by atoms with Crippen LogP contribution in [-0.4, -0.2) is 41.6 Å². The van der Waals surface area contributed by atoms with Gasteiger partial charge in [0.05, 0.1) is 18.3 Å². The Morgan fingerprint density at radius 3 is 2.68 bits per heavy atom. The molecule has 0 spiro atoms. The fraction of sp³-hybridized carbons (Fsp3) is 0.913. The zero-order valence-electron chi connectivity index (χ0n) is 17.5. The molecule has 3 saturated carbocycles. The van der Waals surface area contributed by atoms with Gasteiger partial charge in [-0.2, -0.15) is 0 Å². The molecule has 0 aromatic heterocycles. The van der Waals surface area contributed by atoms with Crippen LogP contribution in [-0.2, 0) is 4.84 Å². The molecule has 0 radical (unpaired) electrons. The van der Waals surface area contributed by atoms with Gasteiger partial charge in [-0.05, 0) is 86.5 Å². The van der Waals surface area contributed by atoms with Crippen LogP contribution in [0.2, 0.25) is 0 Å². The standard InChI is InChI=1S/C23H38N2O3/c1-22-8-5-14(25-28-15-7-10-24-13-15)11-19(22)20(26)12-16-17-3-4-21(27)23(17,2)9-6-18(16)22/h11,15-21,24-27H,3-10,12-13H2,1-2H3/t15?,16-,17-,18+,19?,20?,21?,22+,23-/m0/s1. The van der Waals surface area contributed by atoms with Crippen LogP contribution in [0.25, 0.3) is 0 Å². The molecule has 4 unspecified atom stereocenters. The summed E-state index contributed by atoms with van der Waals surface area (Å²) in [6.07, 6.45) is 10.6. The summed E-state index contributed by atoms with van der Waals surface area (Å²) < 4.78 is 0. The number of hydrogen-bond acceptors (Lipinski definition) is 5. The molecule has 0 aromatic carbocycles. The van der Waals surface area contributed by atoms with Gasteiger partial charge in [0.25, 0.3) is 0 Å². The van der Waals surface area contributed by atoms with E-state index in [4.69, 9.17) is 4.84 Å². The van der Waals surface area contributed by atoms with Crippen molar-refractivity contribution >= 4 is 0 Å². The molecule has 158 valence electrons. The smallest absolute Gasteiger partial charge is 0.0989 e. The Kier molecular flexibility index (Phi) is 4.82. The van der Waals surface area contributed by atoms with Gasteiger partial charge in [0, 0.05) is 18.2 Å². The third-order valence-corrected chi connectivity index (χ3v) is 9.61. The molecule has 4 fully saturated rings. The first-order valence-corrected chi connectivity index (χ1v) is 11.6. The molecule has 5 aliphatic rings. The summed E-state index contributed by atoms with van der Waals surface area (Å²) in [6, 6.07) is 0. The molecule has 0 aromatic rings. The first-order valence-electron chi connectivity index (χ1n) is 11.6. The number of aliphatic hydroxyl groups is 2. The van der Waals surface area contributed by atoms with E-state index in [1.165, 1.54) is 6.42 Å². The summed E-state index contributed by atoms with van der Waals surface area (Å²) in [6.45, 7) is 6.69. The van der Waals surface area contributed by atoms with Gasteiger partial charge in [-0.3, -0.25) is 10.3 Å². The molecule has 28 heavy (non-hydrogen) atoms. The minimum atomic E-state index is -0.281. The van der Waals surface area contributed by atoms with E-state index in [0.29, 0.717) is 17.8 Å². The SMILES string of the molecule is C[C@]12CCC(NOC3CCNC3)=CC1C(O)C[C@@H]1[C@H]2CC[C@]2(C)C(O)CC[C@@H]12. The van der Waals surface area contributed by atoms with Crippen LogP contribution in [0.1, 0.15) is 65.2 Å². The Balaban J connectivity index is 1.34. The van der Waals surface area contributed by atoms with Crippen LogP contribution in [0, 0.1) is 34.5 Å². The Morgan fingerprint density at radius 2 is 1.89 bits per heavy atom. The van der Waals surface area contributed by atoms with E-state index in [-0.39, 0.29) is 35.1 Å². The molecule has 1 aliphatic heterocycles. The van der Waals surface area contributed by atoms with Crippen molar-refractivity contribution < 1.29 is 15.1 Å². The molecule has 1 saturated heterocycles. The largest absolute Gasteiger partial charge is 0.393 e. The molecular weight excluding hydrogens is 352 g/mol. The van der Waals surface area contributed by atoms with Crippen molar-refractivity contribution in [1.82, 2.24) is 10.8 Å². The van der Waals surface area contributed by atoms with E-state index < -0.39 is 0 Å². The van der Waals surface area contributed by atoms with Crippen molar-refractivity contribution in [3.05, 3.63) is 11.8 Å². The van der Waals surface area contributed by atoms with Crippen molar-refractivity contribution in [2.24, 2.45) is 34.5 Å². The van der Waals surface area contributed by atoms with Crippen molar-refractivity contribution in [3.63, 3.8) is 0 Å². The summed E-state index contributed by atoms with van der Waals surface area (Å²) in [4.78, 5) is 5.89. The summed E-state index contributed by atoms with van der Waals surface area (Å²) in [7, 11) is 0. The van der Waals surface area contributed by atoms with Gasteiger partial charge in [0.1, 0.15) is 0 Å². The number of allylic oxidation sites excluding steroid dienone is 1. The molecule has 1 heterocycles. The van der Waals surface area contributed by atoms with Gasteiger partial charge in [-0.1, -0.05) is 19.9 Å². The van der Waals surface area contributed by atoms with E-state index >= 15 is 0 Å². The average molecular weight is 391 g/mol. The maximum atomic E-state index is 11.2. The number of aliphatic hydroxyl groups excluding tert-OH is 2. The van der Waals surface area contributed by atoms with Crippen molar-refractivity contribution in [3.8, 4) is 0 Å². The van der Waals surface area contributed by atoms with E-state index in [2.05, 4.69) is 30.7 Å². The van der Waals surface area contributed by atoms with Crippen LogP contribution < -0.4 is 10.8 Å². The van der Waals surface area contributed by atoms with E-state index in [1.54, 1.807) is 0 Å². The first-order chi connectivity index (χ1) is 13.4. The Labute approximate surface area is 169 Å². The van der Waals surface area contributed by atoms with Crippen LogP contribution in [0.4, 0.5) is 0 Å². The van der Waals surface area contributed by atoms with E-state index in [0.717, 1.165) is 63.7 Å². The number of hydrogen-bond donors (Lipinski definition) is 4. The van der Waals surface area contributed by atoms with Crippen molar-refractivity contribution in [2.75, 3.05) is 13.1 Å². The molecular formula is C23H38N2O3. The van der Waals surface area contributed by atoms with Crippen molar-refractivity contribution in [2.45, 2.75) is 83.5 Å². The second kappa shape index (κ2) is 6.97. The van der Waals surface area contributed by atoms with Gasteiger partial charge in [0.2, 0.25) is 0 Å². The molecule has 0 amide bonds. The monoisotopic (exact) mass is 390 g/mol. The molecule has 5 heteroatoms. The van der Waals surface area contributed by atoms with Gasteiger partial charge >= 0.3 is 0 Å². The Bertz CT molecular complexity index is 633. The maximum absolute atomic E-state index is 11.2. The molecule has 0 bridgehead atoms. The van der Waals surface area contributed by atoms with Crippen LogP contribution in [0.5, 0.6) is 0 Å². The maximum Gasteiger partial charge on any atom is 0.0989 e. The Hall–Kier alpha value is -0.620. The van der Waals surface area contributed by atoms with Crippen molar-refractivity contribution in [1.29, 1.82) is 0 Å². The molecule has 4 aliphatic carbocycles. The highest BCUT2D eigenvalue weighted by molar-refractivity contribution is 5.19. The quantitative estimate of drug-likeness (QED) is 0.558. The summed E-state index contributed by atoms with van der Waals surface area (Å²) >= 11 is 0. The predicted molar refractivity (Wildman–Crippen MR) is 108 cm³/mol. The zero-order valence-corrected chi connectivity index (χ0v) is 17.5. The fourth-order valence-electron chi connectivity index (χ4n) is 7.85. The lowest BCUT2D eigenvalue weighted by molar-refractivity contribution is -0.143. The van der Waals surface area contributed by atoms with Gasteiger partial charge in [-0.25, -0.2) is 0 Å². The number of fused-ring (bicyclic) bond motifs is 5. The predicted octanol–water partition coefficient (Wildman–Crippen LogP) is 2.74. The minimum absolute atomic E-state index is 0.0739. The zero-order chi connectivity index (χ0) is 19.5. The minimum Gasteiger partial charge on any atom is -0.393 e. The first kappa shape index (κ1) is 19.3. The molecule has 5 rings (SSSR count). The summed E-state index contributed by atoms with van der Waals surface area (Å²) in [5.74, 6) is 2.03. The second-order valence-corrected chi connectivity index (χ2v) is 10.9. The highest BCUT2D eigenvalue weighted by atomic mass is 16.7. The van der Waals surface area contributed by atoms with Gasteiger partial charge < -0.3 is 15.5 Å². The lowest BCUT2D eigenvalue weighted by Crippen LogP contribution is -2.57. The number of nitrogens with one attached hydrogen (secondary N) is 2. The normalized spacial score (nSPS) is 53.1. The summed E-state index contributed by atoms with van der Waals surface area (Å²) in [5, 5.41) is 25.1. The Morgan fingerprint density at radius 1 is 1.07 bits per heavy atom. The highest BCUT2D eigenvalue weighted by Gasteiger charge is 2.61.